The summed E-state index contributed by atoms with van der Waals surface area (Å²) in [6, 6.07) is 4.18. The molecule has 0 bridgehead atoms. The first kappa shape index (κ1) is 15.0. The molecule has 0 aliphatic heterocycles. The van der Waals surface area contributed by atoms with E-state index in [2.05, 4.69) is 21.2 Å². The number of nitrogens with one attached hydrogen (secondary N) is 1. The van der Waals surface area contributed by atoms with Crippen molar-refractivity contribution < 1.29 is 13.9 Å². The number of rotatable bonds is 3. The number of carbonyl (C=O) groups excluding carboxylic acids is 1. The summed E-state index contributed by atoms with van der Waals surface area (Å²) >= 11 is 3.17. The highest BCUT2D eigenvalue weighted by atomic mass is 79.9. The van der Waals surface area contributed by atoms with Crippen molar-refractivity contribution in [2.45, 2.75) is 39.3 Å². The van der Waals surface area contributed by atoms with Crippen molar-refractivity contribution in [2.75, 3.05) is 0 Å². The van der Waals surface area contributed by atoms with Gasteiger partial charge in [-0.1, -0.05) is 15.9 Å². The molecule has 0 aromatic heterocycles. The van der Waals surface area contributed by atoms with Crippen molar-refractivity contribution in [1.29, 1.82) is 0 Å². The van der Waals surface area contributed by atoms with Crippen LogP contribution < -0.4 is 10.1 Å². The molecule has 1 rings (SSSR count). The van der Waals surface area contributed by atoms with Crippen molar-refractivity contribution in [3.05, 3.63) is 28.5 Å². The summed E-state index contributed by atoms with van der Waals surface area (Å²) in [5, 5.41) is 2.80. The first-order valence-electron chi connectivity index (χ1n) is 5.62. The molecule has 0 saturated heterocycles. The molecule has 100 valence electrons. The maximum atomic E-state index is 13.1. The van der Waals surface area contributed by atoms with Gasteiger partial charge in [0.2, 0.25) is 0 Å². The molecule has 1 amide bonds. The molecule has 0 spiro atoms. The molecule has 0 fully saturated rings. The number of hydrogen-bond donors (Lipinski definition) is 1. The smallest absolute Gasteiger partial charge is 0.261 e. The summed E-state index contributed by atoms with van der Waals surface area (Å²) < 4.78 is 19.1. The van der Waals surface area contributed by atoms with Crippen LogP contribution in [0.3, 0.4) is 0 Å². The average Bonchev–Trinajstić information content (AvgIpc) is 2.12. The lowest BCUT2D eigenvalue weighted by molar-refractivity contribution is -0.128. The lowest BCUT2D eigenvalue weighted by Crippen LogP contribution is -2.46. The van der Waals surface area contributed by atoms with Crippen molar-refractivity contribution in [1.82, 2.24) is 5.32 Å². The highest BCUT2D eigenvalue weighted by molar-refractivity contribution is 9.10. The minimum atomic E-state index is -0.682. The highest BCUT2D eigenvalue weighted by Gasteiger charge is 2.20. The predicted octanol–water partition coefficient (Wildman–Crippen LogP) is 3.27. The van der Waals surface area contributed by atoms with Crippen molar-refractivity contribution in [3.63, 3.8) is 0 Å². The van der Waals surface area contributed by atoms with E-state index in [1.165, 1.54) is 12.1 Å². The van der Waals surface area contributed by atoms with Gasteiger partial charge in [0.25, 0.3) is 5.91 Å². The second-order valence-electron chi connectivity index (χ2n) is 5.10. The molecule has 0 aliphatic carbocycles. The van der Waals surface area contributed by atoms with Crippen LogP contribution in [0, 0.1) is 5.82 Å². The second-order valence-corrected chi connectivity index (χ2v) is 6.02. The Morgan fingerprint density at radius 1 is 1.39 bits per heavy atom. The lowest BCUT2D eigenvalue weighted by atomic mass is 10.1. The minimum absolute atomic E-state index is 0.233. The van der Waals surface area contributed by atoms with Gasteiger partial charge in [-0.15, -0.1) is 0 Å². The summed E-state index contributed by atoms with van der Waals surface area (Å²) in [6.07, 6.45) is -0.682. The third kappa shape index (κ3) is 5.04. The van der Waals surface area contributed by atoms with Crippen molar-refractivity contribution >= 4 is 21.8 Å². The molecule has 1 aromatic carbocycles. The molecule has 0 radical (unpaired) electrons. The third-order valence-electron chi connectivity index (χ3n) is 2.02. The molecule has 1 unspecified atom stereocenters. The van der Waals surface area contributed by atoms with Gasteiger partial charge in [0, 0.05) is 16.1 Å². The maximum absolute atomic E-state index is 13.1. The van der Waals surface area contributed by atoms with Crippen LogP contribution in [0.25, 0.3) is 0 Å². The molecule has 1 N–H and O–H groups in total. The van der Waals surface area contributed by atoms with Gasteiger partial charge in [0.15, 0.2) is 6.10 Å². The van der Waals surface area contributed by atoms with E-state index in [0.29, 0.717) is 10.2 Å². The van der Waals surface area contributed by atoms with E-state index in [0.717, 1.165) is 0 Å². The Morgan fingerprint density at radius 3 is 2.50 bits per heavy atom. The van der Waals surface area contributed by atoms with E-state index < -0.39 is 11.9 Å². The zero-order chi connectivity index (χ0) is 13.9. The fourth-order valence-corrected chi connectivity index (χ4v) is 1.77. The van der Waals surface area contributed by atoms with Gasteiger partial charge < -0.3 is 10.1 Å². The van der Waals surface area contributed by atoms with E-state index in [9.17, 15) is 9.18 Å². The van der Waals surface area contributed by atoms with Crippen LogP contribution in [-0.2, 0) is 4.79 Å². The van der Waals surface area contributed by atoms with Crippen LogP contribution in [0.5, 0.6) is 5.75 Å². The van der Waals surface area contributed by atoms with Crippen LogP contribution in [-0.4, -0.2) is 17.6 Å². The van der Waals surface area contributed by atoms with E-state index >= 15 is 0 Å². The summed E-state index contributed by atoms with van der Waals surface area (Å²) in [5.41, 5.74) is -0.322. The van der Waals surface area contributed by atoms with E-state index in [-0.39, 0.29) is 11.4 Å². The summed E-state index contributed by atoms with van der Waals surface area (Å²) in [5.74, 6) is -0.330. The van der Waals surface area contributed by atoms with E-state index in [1.807, 2.05) is 20.8 Å². The van der Waals surface area contributed by atoms with E-state index in [4.69, 9.17) is 4.74 Å². The van der Waals surface area contributed by atoms with E-state index in [1.54, 1.807) is 13.0 Å². The molecule has 5 heteroatoms. The number of ether oxygens (including phenoxy) is 1. The zero-order valence-electron chi connectivity index (χ0n) is 10.9. The monoisotopic (exact) mass is 317 g/mol. The maximum Gasteiger partial charge on any atom is 0.261 e. The normalized spacial score (nSPS) is 13.0. The highest BCUT2D eigenvalue weighted by Crippen LogP contribution is 2.21. The molecule has 1 aromatic rings. The second kappa shape index (κ2) is 5.69. The Balaban J connectivity index is 2.69. The van der Waals surface area contributed by atoms with Gasteiger partial charge in [-0.2, -0.15) is 0 Å². The van der Waals surface area contributed by atoms with Gasteiger partial charge >= 0.3 is 0 Å². The Labute approximate surface area is 115 Å². The molecule has 0 saturated carbocycles. The number of hydrogen-bond acceptors (Lipinski definition) is 2. The Kier molecular flexibility index (Phi) is 4.73. The van der Waals surface area contributed by atoms with Crippen LogP contribution in [0.4, 0.5) is 4.39 Å². The number of amides is 1. The molecule has 3 nitrogen and oxygen atoms in total. The van der Waals surface area contributed by atoms with Crippen LogP contribution >= 0.6 is 15.9 Å². The largest absolute Gasteiger partial charge is 0.481 e. The number of halogens is 2. The fraction of sp³-hybridized carbons (Fsp3) is 0.462. The minimum Gasteiger partial charge on any atom is -0.481 e. The topological polar surface area (TPSA) is 38.3 Å². The molecule has 18 heavy (non-hydrogen) atoms. The number of carbonyl (C=O) groups is 1. The predicted molar refractivity (Wildman–Crippen MR) is 72.1 cm³/mol. The fourth-order valence-electron chi connectivity index (χ4n) is 1.33. The molecular weight excluding hydrogens is 301 g/mol. The molecular formula is C13H17BrFNO2. The average molecular weight is 318 g/mol. The van der Waals surface area contributed by atoms with Gasteiger partial charge in [-0.25, -0.2) is 4.39 Å². The van der Waals surface area contributed by atoms with Crippen LogP contribution in [0.15, 0.2) is 22.7 Å². The Morgan fingerprint density at radius 2 is 2.00 bits per heavy atom. The Bertz CT molecular complexity index is 423. The van der Waals surface area contributed by atoms with Gasteiger partial charge in [-0.3, -0.25) is 4.79 Å². The molecule has 0 aliphatic rings. The SMILES string of the molecule is CC(Oc1cc(F)cc(Br)c1)C(=O)NC(C)(C)C. The van der Waals surface area contributed by atoms with Crippen molar-refractivity contribution in [3.8, 4) is 5.75 Å². The van der Waals surface area contributed by atoms with Gasteiger partial charge in [0.05, 0.1) is 0 Å². The first-order valence-corrected chi connectivity index (χ1v) is 6.41. The third-order valence-corrected chi connectivity index (χ3v) is 2.47. The summed E-state index contributed by atoms with van der Waals surface area (Å²) in [6.45, 7) is 7.28. The molecule has 1 atom stereocenters. The van der Waals surface area contributed by atoms with Crippen LogP contribution in [0.1, 0.15) is 27.7 Å². The van der Waals surface area contributed by atoms with Gasteiger partial charge in [-0.05, 0) is 39.8 Å². The lowest BCUT2D eigenvalue weighted by Gasteiger charge is -2.23. The quantitative estimate of drug-likeness (QED) is 0.929. The summed E-state index contributed by atoms with van der Waals surface area (Å²) in [7, 11) is 0. The first-order chi connectivity index (χ1) is 8.17. The standard InChI is InChI=1S/C13H17BrFNO2/c1-8(12(17)16-13(2,3)4)18-11-6-9(14)5-10(15)7-11/h5-8H,1-4H3,(H,16,17). The van der Waals surface area contributed by atoms with Crippen LogP contribution in [0.2, 0.25) is 0 Å². The van der Waals surface area contributed by atoms with Gasteiger partial charge in [0.1, 0.15) is 11.6 Å². The Hall–Kier alpha value is -1.10. The number of benzene rings is 1. The summed E-state index contributed by atoms with van der Waals surface area (Å²) in [4.78, 5) is 11.8. The zero-order valence-corrected chi connectivity index (χ0v) is 12.5. The molecule has 0 heterocycles. The van der Waals surface area contributed by atoms with Crippen molar-refractivity contribution in [2.24, 2.45) is 0 Å².